The van der Waals surface area contributed by atoms with Crippen molar-refractivity contribution in [3.05, 3.63) is 0 Å². The van der Waals surface area contributed by atoms with Crippen molar-refractivity contribution in [2.24, 2.45) is 5.84 Å². The Morgan fingerprint density at radius 3 is 2.58 bits per heavy atom. The highest BCUT2D eigenvalue weighted by atomic mass is 28.4. The van der Waals surface area contributed by atoms with Gasteiger partial charge in [0.05, 0.1) is 6.61 Å². The van der Waals surface area contributed by atoms with Crippen molar-refractivity contribution in [1.29, 1.82) is 0 Å². The first-order valence-corrected chi connectivity index (χ1v) is 8.05. The summed E-state index contributed by atoms with van der Waals surface area (Å²) in [7, 11) is -1.34. The highest BCUT2D eigenvalue weighted by Crippen LogP contribution is 2.15. The van der Waals surface area contributed by atoms with Gasteiger partial charge in [-0.15, -0.1) is 0 Å². The van der Waals surface area contributed by atoms with E-state index in [0.29, 0.717) is 6.04 Å². The molecule has 4 heteroatoms. The van der Waals surface area contributed by atoms with E-state index in [0.717, 1.165) is 13.2 Å². The molecule has 1 heterocycles. The summed E-state index contributed by atoms with van der Waals surface area (Å²) in [6.07, 6.45) is 2.41. The quantitative estimate of drug-likeness (QED) is 0.534. The lowest BCUT2D eigenvalue weighted by Crippen LogP contribution is -2.41. The predicted molar refractivity (Wildman–Crippen MR) is 53.2 cm³/mol. The molecule has 1 rings (SSSR count). The van der Waals surface area contributed by atoms with Crippen LogP contribution in [0.2, 0.25) is 19.6 Å². The maximum atomic E-state index is 5.80. The molecule has 0 aromatic rings. The molecule has 1 saturated heterocycles. The summed E-state index contributed by atoms with van der Waals surface area (Å²) in [4.78, 5) is 0. The minimum absolute atomic E-state index is 0.469. The van der Waals surface area contributed by atoms with E-state index < -0.39 is 8.32 Å². The fourth-order valence-corrected chi connectivity index (χ4v) is 2.08. The standard InChI is InChI=1S/C8H20N2OSi/c1-12(2,3)11-7-8-5-4-6-10(8)9/h8H,4-7,9H2,1-3H3. The van der Waals surface area contributed by atoms with Crippen molar-refractivity contribution in [3.63, 3.8) is 0 Å². The summed E-state index contributed by atoms with van der Waals surface area (Å²) in [5.41, 5.74) is 0. The van der Waals surface area contributed by atoms with Crippen molar-refractivity contribution in [2.45, 2.75) is 38.5 Å². The van der Waals surface area contributed by atoms with Crippen LogP contribution in [0.25, 0.3) is 0 Å². The van der Waals surface area contributed by atoms with Crippen LogP contribution < -0.4 is 5.84 Å². The fourth-order valence-electron chi connectivity index (χ4n) is 1.38. The van der Waals surface area contributed by atoms with Gasteiger partial charge in [0.1, 0.15) is 0 Å². The first-order chi connectivity index (χ1) is 5.49. The van der Waals surface area contributed by atoms with Crippen LogP contribution >= 0.6 is 0 Å². The number of hydrogen-bond acceptors (Lipinski definition) is 3. The normalized spacial score (nSPS) is 26.5. The van der Waals surface area contributed by atoms with E-state index in [9.17, 15) is 0 Å². The molecular formula is C8H20N2OSi. The van der Waals surface area contributed by atoms with E-state index in [2.05, 4.69) is 19.6 Å². The second kappa shape index (κ2) is 3.87. The molecule has 0 amide bonds. The van der Waals surface area contributed by atoms with Gasteiger partial charge < -0.3 is 4.43 Å². The molecule has 0 aliphatic carbocycles. The van der Waals surface area contributed by atoms with Crippen LogP contribution in [0.1, 0.15) is 12.8 Å². The highest BCUT2D eigenvalue weighted by molar-refractivity contribution is 6.69. The summed E-state index contributed by atoms with van der Waals surface area (Å²) >= 11 is 0. The van der Waals surface area contributed by atoms with E-state index in [4.69, 9.17) is 10.3 Å². The van der Waals surface area contributed by atoms with Crippen molar-refractivity contribution in [2.75, 3.05) is 13.2 Å². The molecule has 0 aromatic carbocycles. The zero-order valence-electron chi connectivity index (χ0n) is 8.34. The average molecular weight is 188 g/mol. The smallest absolute Gasteiger partial charge is 0.183 e. The Balaban J connectivity index is 2.23. The molecule has 0 saturated carbocycles. The maximum Gasteiger partial charge on any atom is 0.183 e. The van der Waals surface area contributed by atoms with Gasteiger partial charge in [0, 0.05) is 12.6 Å². The molecule has 2 N–H and O–H groups in total. The van der Waals surface area contributed by atoms with E-state index >= 15 is 0 Å². The Labute approximate surface area is 76.0 Å². The monoisotopic (exact) mass is 188 g/mol. The second-order valence-electron chi connectivity index (χ2n) is 4.46. The molecule has 0 bridgehead atoms. The lowest BCUT2D eigenvalue weighted by atomic mass is 10.2. The molecule has 0 radical (unpaired) electrons. The van der Waals surface area contributed by atoms with Gasteiger partial charge in [-0.05, 0) is 32.5 Å². The fraction of sp³-hybridized carbons (Fsp3) is 1.00. The molecule has 0 aromatic heterocycles. The van der Waals surface area contributed by atoms with Gasteiger partial charge in [0.2, 0.25) is 0 Å². The lowest BCUT2D eigenvalue weighted by molar-refractivity contribution is 0.171. The Kier molecular flexibility index (Phi) is 3.28. The van der Waals surface area contributed by atoms with Gasteiger partial charge >= 0.3 is 0 Å². The number of hydrazine groups is 1. The van der Waals surface area contributed by atoms with E-state index in [-0.39, 0.29) is 0 Å². The van der Waals surface area contributed by atoms with Crippen molar-refractivity contribution >= 4 is 8.32 Å². The molecule has 1 atom stereocenters. The largest absolute Gasteiger partial charge is 0.416 e. The molecule has 12 heavy (non-hydrogen) atoms. The van der Waals surface area contributed by atoms with Crippen LogP contribution in [0.5, 0.6) is 0 Å². The SMILES string of the molecule is C[Si](C)(C)OCC1CCCN1N. The van der Waals surface area contributed by atoms with Crippen molar-refractivity contribution < 1.29 is 4.43 Å². The van der Waals surface area contributed by atoms with Crippen LogP contribution in [0, 0.1) is 0 Å². The summed E-state index contributed by atoms with van der Waals surface area (Å²) < 4.78 is 5.80. The number of nitrogens with zero attached hydrogens (tertiary/aromatic N) is 1. The number of rotatable bonds is 3. The summed E-state index contributed by atoms with van der Waals surface area (Å²) in [5, 5.41) is 1.92. The van der Waals surface area contributed by atoms with Gasteiger partial charge in [-0.2, -0.15) is 0 Å². The zero-order valence-corrected chi connectivity index (χ0v) is 9.34. The number of hydrogen-bond donors (Lipinski definition) is 1. The molecule has 1 unspecified atom stereocenters. The molecule has 1 aliphatic heterocycles. The Bertz CT molecular complexity index is 146. The second-order valence-corrected chi connectivity index (χ2v) is 8.97. The molecule has 1 aliphatic rings. The maximum absolute atomic E-state index is 5.80. The summed E-state index contributed by atoms with van der Waals surface area (Å²) in [5.74, 6) is 5.78. The minimum Gasteiger partial charge on any atom is -0.416 e. The first kappa shape index (κ1) is 10.2. The van der Waals surface area contributed by atoms with Gasteiger partial charge in [-0.25, -0.2) is 5.01 Å². The van der Waals surface area contributed by atoms with Crippen LogP contribution in [-0.4, -0.2) is 32.5 Å². The topological polar surface area (TPSA) is 38.5 Å². The highest BCUT2D eigenvalue weighted by Gasteiger charge is 2.24. The molecule has 3 nitrogen and oxygen atoms in total. The van der Waals surface area contributed by atoms with Crippen molar-refractivity contribution in [3.8, 4) is 0 Å². The van der Waals surface area contributed by atoms with Crippen LogP contribution in [0.15, 0.2) is 0 Å². The Morgan fingerprint density at radius 1 is 1.50 bits per heavy atom. The lowest BCUT2D eigenvalue weighted by Gasteiger charge is -2.24. The van der Waals surface area contributed by atoms with E-state index in [1.807, 2.05) is 5.01 Å². The average Bonchev–Trinajstić information content (AvgIpc) is 2.29. The predicted octanol–water partition coefficient (Wildman–Crippen LogP) is 1.18. The summed E-state index contributed by atoms with van der Waals surface area (Å²) in [6, 6.07) is 0.469. The first-order valence-electron chi connectivity index (χ1n) is 4.64. The van der Waals surface area contributed by atoms with Crippen LogP contribution in [-0.2, 0) is 4.43 Å². The van der Waals surface area contributed by atoms with Crippen molar-refractivity contribution in [1.82, 2.24) is 5.01 Å². The summed E-state index contributed by atoms with van der Waals surface area (Å²) in [6.45, 7) is 8.49. The molecular weight excluding hydrogens is 168 g/mol. The third kappa shape index (κ3) is 3.22. The van der Waals surface area contributed by atoms with Gasteiger partial charge in [-0.3, -0.25) is 5.84 Å². The van der Waals surface area contributed by atoms with Gasteiger partial charge in [-0.1, -0.05) is 0 Å². The van der Waals surface area contributed by atoms with E-state index in [1.54, 1.807) is 0 Å². The molecule has 72 valence electrons. The number of nitrogens with two attached hydrogens (primary N) is 1. The molecule has 1 fully saturated rings. The van der Waals surface area contributed by atoms with Gasteiger partial charge in [0.25, 0.3) is 0 Å². The third-order valence-corrected chi connectivity index (χ3v) is 3.16. The molecule has 0 spiro atoms. The van der Waals surface area contributed by atoms with E-state index in [1.165, 1.54) is 12.8 Å². The third-order valence-electron chi connectivity index (χ3n) is 2.13. The van der Waals surface area contributed by atoms with Crippen LogP contribution in [0.3, 0.4) is 0 Å². The Morgan fingerprint density at radius 2 is 2.17 bits per heavy atom. The van der Waals surface area contributed by atoms with Gasteiger partial charge in [0.15, 0.2) is 8.32 Å². The minimum atomic E-state index is -1.34. The zero-order chi connectivity index (χ0) is 9.19. The van der Waals surface area contributed by atoms with Crippen LogP contribution in [0.4, 0.5) is 0 Å². The Hall–Kier alpha value is 0.0969.